The molecule has 2 saturated carbocycles. The number of anilines is 1. The van der Waals surface area contributed by atoms with E-state index >= 15 is 0 Å². The van der Waals surface area contributed by atoms with Gasteiger partial charge in [-0.1, -0.05) is 6.92 Å². The number of halogens is 2. The number of hydrogen-bond acceptors (Lipinski definition) is 4. The molecular formula is C21H21F2N5O. The van der Waals surface area contributed by atoms with Crippen LogP contribution in [0.1, 0.15) is 31.5 Å². The van der Waals surface area contributed by atoms with Crippen LogP contribution >= 0.6 is 0 Å². The van der Waals surface area contributed by atoms with Gasteiger partial charge in [0.05, 0.1) is 35.4 Å². The van der Waals surface area contributed by atoms with Crippen LogP contribution < -0.4 is 5.32 Å². The second-order valence-electron chi connectivity index (χ2n) is 8.26. The Morgan fingerprint density at radius 1 is 1.14 bits per heavy atom. The summed E-state index contributed by atoms with van der Waals surface area (Å²) in [5, 5.41) is 2.85. The number of carbonyl (C=O) groups excluding carboxylic acids is 1. The zero-order chi connectivity index (χ0) is 20.3. The molecule has 2 aliphatic rings. The van der Waals surface area contributed by atoms with Crippen molar-refractivity contribution in [2.45, 2.75) is 32.7 Å². The lowest BCUT2D eigenvalue weighted by atomic mass is 9.96. The van der Waals surface area contributed by atoms with Crippen molar-refractivity contribution >= 4 is 22.8 Å². The van der Waals surface area contributed by atoms with Crippen molar-refractivity contribution in [3.63, 3.8) is 0 Å². The Hall–Kier alpha value is -2.90. The van der Waals surface area contributed by atoms with Crippen molar-refractivity contribution in [1.29, 1.82) is 0 Å². The van der Waals surface area contributed by atoms with E-state index < -0.39 is 11.6 Å². The predicted octanol–water partition coefficient (Wildman–Crippen LogP) is 3.88. The molecular weight excluding hydrogens is 376 g/mol. The highest BCUT2D eigenvalue weighted by atomic mass is 19.2. The topological polar surface area (TPSA) is 72.7 Å². The maximum Gasteiger partial charge on any atom is 0.228 e. The fourth-order valence-electron chi connectivity index (χ4n) is 5.02. The van der Waals surface area contributed by atoms with Crippen LogP contribution in [0.25, 0.3) is 11.0 Å². The third-order valence-electron chi connectivity index (χ3n) is 6.52. The molecule has 29 heavy (non-hydrogen) atoms. The summed E-state index contributed by atoms with van der Waals surface area (Å²) in [5.41, 5.74) is 1.89. The summed E-state index contributed by atoms with van der Waals surface area (Å²) in [6.45, 7) is 3.80. The molecule has 6 nitrogen and oxygen atoms in total. The highest BCUT2D eigenvalue weighted by Crippen LogP contribution is 2.64. The summed E-state index contributed by atoms with van der Waals surface area (Å²) in [5.74, 6) is -0.145. The molecule has 3 aromatic rings. The van der Waals surface area contributed by atoms with Crippen molar-refractivity contribution < 1.29 is 13.6 Å². The number of carbonyl (C=O) groups is 1. The quantitative estimate of drug-likeness (QED) is 0.725. The molecule has 0 aliphatic heterocycles. The van der Waals surface area contributed by atoms with E-state index in [-0.39, 0.29) is 17.9 Å². The summed E-state index contributed by atoms with van der Waals surface area (Å²) < 4.78 is 29.0. The van der Waals surface area contributed by atoms with Gasteiger partial charge in [0.15, 0.2) is 17.5 Å². The lowest BCUT2D eigenvalue weighted by Gasteiger charge is -2.19. The van der Waals surface area contributed by atoms with E-state index in [9.17, 15) is 13.6 Å². The predicted molar refractivity (Wildman–Crippen MR) is 103 cm³/mol. The Morgan fingerprint density at radius 2 is 1.86 bits per heavy atom. The number of amides is 1. The third kappa shape index (κ3) is 3.07. The average molecular weight is 397 g/mol. The van der Waals surface area contributed by atoms with Crippen LogP contribution in [-0.2, 0) is 4.79 Å². The molecule has 3 unspecified atom stereocenters. The number of nitrogens with one attached hydrogen (secondary N) is 1. The van der Waals surface area contributed by atoms with E-state index in [0.717, 1.165) is 24.6 Å². The first kappa shape index (κ1) is 18.1. The number of aromatic nitrogens is 4. The van der Waals surface area contributed by atoms with E-state index in [2.05, 4.69) is 20.3 Å². The van der Waals surface area contributed by atoms with Crippen LogP contribution in [-0.4, -0.2) is 25.4 Å². The minimum absolute atomic E-state index is 0.0373. The Labute approximate surface area is 166 Å². The normalized spacial score (nSPS) is 26.3. The molecule has 5 rings (SSSR count). The number of hydrogen-bond donors (Lipinski definition) is 1. The highest BCUT2D eigenvalue weighted by Gasteiger charge is 2.59. The van der Waals surface area contributed by atoms with Gasteiger partial charge in [-0.05, 0) is 37.5 Å². The standard InChI is InChI=1S/C21H21F2N5O/c1-10-7-25-19(8-24-10)27-21(29)11(2)20-13-3-12(4-14(13)20)28-9-26-17-5-15(22)16(23)6-18(17)28/h5-9,11-14,20H,3-4H2,1-2H3,(H,25,27,29)/t11?,12?,13-,14+,20?. The molecule has 0 radical (unpaired) electrons. The number of aryl methyl sites for hydroxylation is 1. The highest BCUT2D eigenvalue weighted by molar-refractivity contribution is 5.91. The Bertz CT molecular complexity index is 1080. The van der Waals surface area contributed by atoms with Crippen molar-refractivity contribution in [3.8, 4) is 0 Å². The van der Waals surface area contributed by atoms with E-state index in [1.54, 1.807) is 18.7 Å². The Morgan fingerprint density at radius 3 is 2.55 bits per heavy atom. The van der Waals surface area contributed by atoms with Crippen molar-refractivity contribution in [2.75, 3.05) is 5.32 Å². The van der Waals surface area contributed by atoms with Gasteiger partial charge in [0.25, 0.3) is 0 Å². The summed E-state index contributed by atoms with van der Waals surface area (Å²) in [4.78, 5) is 25.1. The van der Waals surface area contributed by atoms with Gasteiger partial charge in [-0.3, -0.25) is 9.78 Å². The van der Waals surface area contributed by atoms with Crippen LogP contribution in [0, 0.1) is 42.2 Å². The number of benzene rings is 1. The van der Waals surface area contributed by atoms with E-state index in [1.165, 1.54) is 6.07 Å². The zero-order valence-electron chi connectivity index (χ0n) is 16.1. The van der Waals surface area contributed by atoms with Crippen LogP contribution in [0.4, 0.5) is 14.6 Å². The molecule has 2 aliphatic carbocycles. The average Bonchev–Trinajstić information content (AvgIpc) is 3.02. The molecule has 1 N–H and O–H groups in total. The summed E-state index contributed by atoms with van der Waals surface area (Å²) in [7, 11) is 0. The second kappa shape index (κ2) is 6.57. The number of rotatable bonds is 4. The van der Waals surface area contributed by atoms with Gasteiger partial charge < -0.3 is 9.88 Å². The minimum atomic E-state index is -0.879. The monoisotopic (exact) mass is 397 g/mol. The van der Waals surface area contributed by atoms with Gasteiger partial charge in [0.2, 0.25) is 5.91 Å². The lowest BCUT2D eigenvalue weighted by Crippen LogP contribution is -2.24. The van der Waals surface area contributed by atoms with Crippen molar-refractivity contribution in [2.24, 2.45) is 23.7 Å². The number of nitrogens with zero attached hydrogens (tertiary/aromatic N) is 4. The fourth-order valence-corrected chi connectivity index (χ4v) is 5.02. The maximum absolute atomic E-state index is 13.7. The van der Waals surface area contributed by atoms with Gasteiger partial charge in [0.1, 0.15) is 0 Å². The van der Waals surface area contributed by atoms with Crippen LogP contribution in [0.5, 0.6) is 0 Å². The Kier molecular flexibility index (Phi) is 4.11. The van der Waals surface area contributed by atoms with Crippen LogP contribution in [0.3, 0.4) is 0 Å². The third-order valence-corrected chi connectivity index (χ3v) is 6.52. The lowest BCUT2D eigenvalue weighted by molar-refractivity contribution is -0.120. The summed E-state index contributed by atoms with van der Waals surface area (Å²) in [6, 6.07) is 2.56. The van der Waals surface area contributed by atoms with Gasteiger partial charge in [-0.2, -0.15) is 0 Å². The Balaban J connectivity index is 1.25. The maximum atomic E-state index is 13.7. The van der Waals surface area contributed by atoms with E-state index in [1.807, 2.05) is 18.4 Å². The first-order chi connectivity index (χ1) is 13.9. The molecule has 2 aromatic heterocycles. The molecule has 0 spiro atoms. The van der Waals surface area contributed by atoms with E-state index in [0.29, 0.717) is 34.6 Å². The van der Waals surface area contributed by atoms with Crippen molar-refractivity contribution in [1.82, 2.24) is 19.5 Å². The molecule has 0 bridgehead atoms. The second-order valence-corrected chi connectivity index (χ2v) is 8.26. The van der Waals surface area contributed by atoms with Crippen LogP contribution in [0.2, 0.25) is 0 Å². The molecule has 150 valence electrons. The smallest absolute Gasteiger partial charge is 0.228 e. The largest absolute Gasteiger partial charge is 0.327 e. The molecule has 2 fully saturated rings. The minimum Gasteiger partial charge on any atom is -0.327 e. The first-order valence-electron chi connectivity index (χ1n) is 9.83. The van der Waals surface area contributed by atoms with Crippen molar-refractivity contribution in [3.05, 3.63) is 48.2 Å². The number of imidazole rings is 1. The van der Waals surface area contributed by atoms with Gasteiger partial charge >= 0.3 is 0 Å². The molecule has 1 amide bonds. The van der Waals surface area contributed by atoms with E-state index in [4.69, 9.17) is 0 Å². The summed E-state index contributed by atoms with van der Waals surface area (Å²) >= 11 is 0. The zero-order valence-corrected chi connectivity index (χ0v) is 16.1. The van der Waals surface area contributed by atoms with Gasteiger partial charge in [-0.15, -0.1) is 0 Å². The van der Waals surface area contributed by atoms with Crippen LogP contribution in [0.15, 0.2) is 30.9 Å². The summed E-state index contributed by atoms with van der Waals surface area (Å²) in [6.07, 6.45) is 6.69. The molecule has 0 saturated heterocycles. The fraction of sp³-hybridized carbons (Fsp3) is 0.429. The van der Waals surface area contributed by atoms with Gasteiger partial charge in [0, 0.05) is 24.1 Å². The molecule has 1 aromatic carbocycles. The van der Waals surface area contributed by atoms with Gasteiger partial charge in [-0.25, -0.2) is 18.7 Å². The molecule has 8 heteroatoms. The molecule has 2 heterocycles. The SMILES string of the molecule is Cc1cnc(NC(=O)C(C)C2[C@H]3CC(n4cnc5cc(F)c(F)cc54)C[C@@H]23)cn1. The number of fused-ring (bicyclic) bond motifs is 2. The first-order valence-corrected chi connectivity index (χ1v) is 9.83. The molecule has 5 atom stereocenters.